The fraction of sp³-hybridized carbons (Fsp3) is 0.450. The van der Waals surface area contributed by atoms with Crippen LogP contribution in [0.3, 0.4) is 0 Å². The number of rotatable bonds is 5. The van der Waals surface area contributed by atoms with Crippen LogP contribution in [0.5, 0.6) is 0 Å². The fourth-order valence-corrected chi connectivity index (χ4v) is 3.67. The summed E-state index contributed by atoms with van der Waals surface area (Å²) in [5, 5.41) is 9.77. The van der Waals surface area contributed by atoms with Gasteiger partial charge in [-0.3, -0.25) is 0 Å². The highest BCUT2D eigenvalue weighted by molar-refractivity contribution is 7.98. The third-order valence-electron chi connectivity index (χ3n) is 4.46. The lowest BCUT2D eigenvalue weighted by Gasteiger charge is -2.23. The Bertz CT molecular complexity index is 779. The second-order valence-electron chi connectivity index (χ2n) is 7.63. The molecule has 6 heteroatoms. The van der Waals surface area contributed by atoms with Crippen molar-refractivity contribution in [2.75, 3.05) is 18.0 Å². The topological polar surface area (TPSA) is 66.3 Å². The molecule has 0 bridgehead atoms. The molecule has 1 saturated heterocycles. The lowest BCUT2D eigenvalue weighted by molar-refractivity contribution is 0.0697. The van der Waals surface area contributed by atoms with Crippen molar-refractivity contribution in [2.45, 2.75) is 49.9 Å². The average molecular weight is 372 g/mol. The minimum absolute atomic E-state index is 0.0319. The van der Waals surface area contributed by atoms with E-state index in [0.29, 0.717) is 11.3 Å². The van der Waals surface area contributed by atoms with Gasteiger partial charge in [0.1, 0.15) is 5.82 Å². The highest BCUT2D eigenvalue weighted by Gasteiger charge is 2.21. The molecule has 0 atom stereocenters. The molecule has 0 radical (unpaired) electrons. The smallest absolute Gasteiger partial charge is 0.335 e. The van der Waals surface area contributed by atoms with Crippen LogP contribution in [0.2, 0.25) is 0 Å². The van der Waals surface area contributed by atoms with Crippen LogP contribution < -0.4 is 4.90 Å². The van der Waals surface area contributed by atoms with E-state index in [4.69, 9.17) is 15.1 Å². The van der Waals surface area contributed by atoms with Crippen LogP contribution in [-0.4, -0.2) is 34.1 Å². The van der Waals surface area contributed by atoms with Crippen LogP contribution in [0.4, 0.5) is 5.82 Å². The predicted octanol–water partition coefficient (Wildman–Crippen LogP) is 4.36. The van der Waals surface area contributed by atoms with Gasteiger partial charge < -0.3 is 10.0 Å². The molecule has 3 rings (SSSR count). The van der Waals surface area contributed by atoms with E-state index in [9.17, 15) is 4.79 Å². The van der Waals surface area contributed by atoms with E-state index in [-0.39, 0.29) is 5.41 Å². The van der Waals surface area contributed by atoms with Crippen LogP contribution in [0.1, 0.15) is 55.2 Å². The van der Waals surface area contributed by atoms with Gasteiger partial charge in [0.25, 0.3) is 0 Å². The summed E-state index contributed by atoms with van der Waals surface area (Å²) in [6, 6.07) is 9.11. The first-order valence-electron chi connectivity index (χ1n) is 8.92. The van der Waals surface area contributed by atoms with Gasteiger partial charge in [0, 0.05) is 30.3 Å². The Morgan fingerprint density at radius 1 is 1.15 bits per heavy atom. The standard InChI is InChI=1S/C20H25N3O2S/c1-20(2,3)16-12-17(23-10-4-5-11-23)22-19(21-16)26-13-14-6-8-15(9-7-14)18(24)25/h6-9,12H,4-5,10-11,13H2,1-3H3,(H,24,25). The number of hydrogen-bond donors (Lipinski definition) is 1. The minimum atomic E-state index is -0.902. The summed E-state index contributed by atoms with van der Waals surface area (Å²) >= 11 is 1.59. The highest BCUT2D eigenvalue weighted by atomic mass is 32.2. The molecule has 1 N–H and O–H groups in total. The second kappa shape index (κ2) is 7.66. The predicted molar refractivity (Wildman–Crippen MR) is 105 cm³/mol. The van der Waals surface area contributed by atoms with Crippen molar-refractivity contribution in [1.29, 1.82) is 0 Å². The fourth-order valence-electron chi connectivity index (χ4n) is 2.86. The Labute approximate surface area is 158 Å². The number of carboxylic acids is 1. The molecule has 1 aromatic carbocycles. The number of hydrogen-bond acceptors (Lipinski definition) is 5. The summed E-state index contributed by atoms with van der Waals surface area (Å²) in [4.78, 5) is 22.8. The van der Waals surface area contributed by atoms with Crippen molar-refractivity contribution in [3.63, 3.8) is 0 Å². The van der Waals surface area contributed by atoms with Crippen molar-refractivity contribution >= 4 is 23.5 Å². The molecular formula is C20H25N3O2S. The molecular weight excluding hydrogens is 346 g/mol. The molecule has 2 heterocycles. The molecule has 0 unspecified atom stereocenters. The summed E-state index contributed by atoms with van der Waals surface area (Å²) in [6.45, 7) is 8.62. The van der Waals surface area contributed by atoms with Gasteiger partial charge >= 0.3 is 5.97 Å². The Morgan fingerprint density at radius 3 is 2.38 bits per heavy atom. The quantitative estimate of drug-likeness (QED) is 0.622. The van der Waals surface area contributed by atoms with Crippen LogP contribution in [-0.2, 0) is 11.2 Å². The zero-order chi connectivity index (χ0) is 18.7. The zero-order valence-corrected chi connectivity index (χ0v) is 16.3. The number of carboxylic acid groups (broad SMARTS) is 1. The van der Waals surface area contributed by atoms with E-state index >= 15 is 0 Å². The number of anilines is 1. The molecule has 1 aliphatic heterocycles. The number of carbonyl (C=O) groups is 1. The Kier molecular flexibility index (Phi) is 5.51. The maximum absolute atomic E-state index is 11.0. The van der Waals surface area contributed by atoms with Crippen molar-refractivity contribution in [1.82, 2.24) is 9.97 Å². The number of thioether (sulfide) groups is 1. The molecule has 2 aromatic rings. The lowest BCUT2D eigenvalue weighted by Crippen LogP contribution is -2.22. The van der Waals surface area contributed by atoms with Gasteiger partial charge in [-0.05, 0) is 30.5 Å². The van der Waals surface area contributed by atoms with Gasteiger partial charge in [0.2, 0.25) is 0 Å². The number of aromatic nitrogens is 2. The second-order valence-corrected chi connectivity index (χ2v) is 8.57. The number of benzene rings is 1. The molecule has 0 aliphatic carbocycles. The summed E-state index contributed by atoms with van der Waals surface area (Å²) in [5.74, 6) is 0.833. The molecule has 1 fully saturated rings. The zero-order valence-electron chi connectivity index (χ0n) is 15.5. The Balaban J connectivity index is 1.79. The van der Waals surface area contributed by atoms with E-state index < -0.39 is 5.97 Å². The van der Waals surface area contributed by atoms with Crippen molar-refractivity contribution in [3.8, 4) is 0 Å². The summed E-state index contributed by atoms with van der Waals surface area (Å²) in [5.41, 5.74) is 2.39. The van der Waals surface area contributed by atoms with E-state index in [1.165, 1.54) is 12.8 Å². The molecule has 138 valence electrons. The van der Waals surface area contributed by atoms with Crippen LogP contribution in [0.15, 0.2) is 35.5 Å². The first-order valence-corrected chi connectivity index (χ1v) is 9.91. The first kappa shape index (κ1) is 18.7. The number of aromatic carboxylic acids is 1. The van der Waals surface area contributed by atoms with Gasteiger partial charge in [-0.25, -0.2) is 14.8 Å². The van der Waals surface area contributed by atoms with E-state index in [1.54, 1.807) is 23.9 Å². The van der Waals surface area contributed by atoms with Gasteiger partial charge in [0.15, 0.2) is 5.16 Å². The van der Waals surface area contributed by atoms with Gasteiger partial charge in [-0.2, -0.15) is 0 Å². The molecule has 1 aliphatic rings. The van der Waals surface area contributed by atoms with E-state index in [1.807, 2.05) is 12.1 Å². The Hall–Kier alpha value is -2.08. The summed E-state index contributed by atoms with van der Waals surface area (Å²) in [7, 11) is 0. The average Bonchev–Trinajstić information content (AvgIpc) is 3.14. The maximum Gasteiger partial charge on any atom is 0.335 e. The normalized spacial score (nSPS) is 14.7. The molecule has 26 heavy (non-hydrogen) atoms. The molecule has 0 saturated carbocycles. The third-order valence-corrected chi connectivity index (χ3v) is 5.38. The largest absolute Gasteiger partial charge is 0.478 e. The van der Waals surface area contributed by atoms with Crippen LogP contribution in [0.25, 0.3) is 0 Å². The third kappa shape index (κ3) is 4.55. The number of nitrogens with zero attached hydrogens (tertiary/aromatic N) is 3. The minimum Gasteiger partial charge on any atom is -0.478 e. The first-order chi connectivity index (χ1) is 12.3. The van der Waals surface area contributed by atoms with Crippen molar-refractivity contribution in [3.05, 3.63) is 47.2 Å². The van der Waals surface area contributed by atoms with E-state index in [0.717, 1.165) is 35.3 Å². The van der Waals surface area contributed by atoms with Crippen molar-refractivity contribution in [2.24, 2.45) is 0 Å². The van der Waals surface area contributed by atoms with Crippen LogP contribution >= 0.6 is 11.8 Å². The Morgan fingerprint density at radius 2 is 1.81 bits per heavy atom. The van der Waals surface area contributed by atoms with Gasteiger partial charge in [-0.1, -0.05) is 44.7 Å². The summed E-state index contributed by atoms with van der Waals surface area (Å²) in [6.07, 6.45) is 2.43. The SMILES string of the molecule is CC(C)(C)c1cc(N2CCCC2)nc(SCc2ccc(C(=O)O)cc2)n1. The monoisotopic (exact) mass is 371 g/mol. The lowest BCUT2D eigenvalue weighted by atomic mass is 9.92. The van der Waals surface area contributed by atoms with Gasteiger partial charge in [-0.15, -0.1) is 0 Å². The highest BCUT2D eigenvalue weighted by Crippen LogP contribution is 2.29. The van der Waals surface area contributed by atoms with Gasteiger partial charge in [0.05, 0.1) is 11.3 Å². The maximum atomic E-state index is 11.0. The van der Waals surface area contributed by atoms with Crippen molar-refractivity contribution < 1.29 is 9.90 Å². The molecule has 0 amide bonds. The van der Waals surface area contributed by atoms with Crippen LogP contribution in [0, 0.1) is 0 Å². The summed E-state index contributed by atoms with van der Waals surface area (Å²) < 4.78 is 0. The molecule has 0 spiro atoms. The molecule has 1 aromatic heterocycles. The van der Waals surface area contributed by atoms with E-state index in [2.05, 4.69) is 31.7 Å². The molecule has 5 nitrogen and oxygen atoms in total.